The fraction of sp³-hybridized carbons (Fsp3) is 0.273. The topological polar surface area (TPSA) is 86.9 Å². The van der Waals surface area contributed by atoms with Crippen molar-refractivity contribution in [3.05, 3.63) is 33.8 Å². The molecule has 0 aromatic carbocycles. The maximum atomic E-state index is 11.0. The highest BCUT2D eigenvalue weighted by atomic mass is 32.1. The number of hydrogen-bond donors (Lipinski definition) is 2. The zero-order valence-corrected chi connectivity index (χ0v) is 10.3. The van der Waals surface area contributed by atoms with Crippen LogP contribution in [0.2, 0.25) is 0 Å². The number of nitrogens with zero attached hydrogens (tertiary/aromatic N) is 2. The van der Waals surface area contributed by atoms with Gasteiger partial charge in [0.05, 0.1) is 12.2 Å². The molecular weight excluding hydrogens is 236 g/mol. The van der Waals surface area contributed by atoms with Gasteiger partial charge in [-0.15, -0.1) is 11.3 Å². The minimum atomic E-state index is -0.596. The first-order valence-corrected chi connectivity index (χ1v) is 6.12. The van der Waals surface area contributed by atoms with Crippen molar-refractivity contribution in [2.75, 3.05) is 5.73 Å². The SMILES string of the molecule is CCc1ccc(Cn2cc(N)c(C(N)=O)n2)s1. The lowest BCUT2D eigenvalue weighted by molar-refractivity contribution is 0.0995. The third kappa shape index (κ3) is 2.47. The number of nitrogens with two attached hydrogens (primary N) is 2. The Morgan fingerprint density at radius 3 is 2.71 bits per heavy atom. The second-order valence-corrected chi connectivity index (χ2v) is 4.97. The molecule has 2 aromatic rings. The fourth-order valence-corrected chi connectivity index (χ4v) is 2.52. The number of hydrogen-bond acceptors (Lipinski definition) is 4. The van der Waals surface area contributed by atoms with Gasteiger partial charge in [0.1, 0.15) is 0 Å². The minimum Gasteiger partial charge on any atom is -0.396 e. The lowest BCUT2D eigenvalue weighted by atomic mass is 10.3. The van der Waals surface area contributed by atoms with Crippen LogP contribution in [0.5, 0.6) is 0 Å². The summed E-state index contributed by atoms with van der Waals surface area (Å²) in [6.07, 6.45) is 2.66. The van der Waals surface area contributed by atoms with Crippen molar-refractivity contribution in [2.45, 2.75) is 19.9 Å². The molecule has 1 amide bonds. The number of carbonyl (C=O) groups excluding carboxylic acids is 1. The van der Waals surface area contributed by atoms with Gasteiger partial charge in [0.15, 0.2) is 5.69 Å². The molecule has 0 aliphatic carbocycles. The summed E-state index contributed by atoms with van der Waals surface area (Å²) in [5, 5.41) is 4.06. The molecule has 0 aliphatic rings. The van der Waals surface area contributed by atoms with Crippen LogP contribution in [-0.4, -0.2) is 15.7 Å². The zero-order chi connectivity index (χ0) is 12.4. The zero-order valence-electron chi connectivity index (χ0n) is 9.51. The Morgan fingerprint density at radius 1 is 1.47 bits per heavy atom. The Hall–Kier alpha value is -1.82. The maximum absolute atomic E-state index is 11.0. The van der Waals surface area contributed by atoms with Crippen molar-refractivity contribution in [1.82, 2.24) is 9.78 Å². The lowest BCUT2D eigenvalue weighted by Crippen LogP contribution is -2.14. The average molecular weight is 250 g/mol. The van der Waals surface area contributed by atoms with Crippen LogP contribution in [0.15, 0.2) is 18.3 Å². The first kappa shape index (κ1) is 11.7. The molecule has 0 radical (unpaired) electrons. The molecule has 5 nitrogen and oxygen atoms in total. The molecule has 17 heavy (non-hydrogen) atoms. The molecule has 4 N–H and O–H groups in total. The molecule has 2 rings (SSSR count). The van der Waals surface area contributed by atoms with E-state index in [1.807, 2.05) is 0 Å². The molecule has 0 aliphatic heterocycles. The van der Waals surface area contributed by atoms with E-state index in [1.54, 1.807) is 22.2 Å². The third-order valence-electron chi connectivity index (χ3n) is 2.41. The van der Waals surface area contributed by atoms with E-state index in [9.17, 15) is 4.79 Å². The fourth-order valence-electron chi connectivity index (χ4n) is 1.57. The summed E-state index contributed by atoms with van der Waals surface area (Å²) >= 11 is 1.73. The van der Waals surface area contributed by atoms with E-state index in [0.29, 0.717) is 12.2 Å². The number of anilines is 1. The minimum absolute atomic E-state index is 0.136. The van der Waals surface area contributed by atoms with Crippen LogP contribution in [0.4, 0.5) is 5.69 Å². The number of thiophene rings is 1. The summed E-state index contributed by atoms with van der Waals surface area (Å²) in [7, 11) is 0. The standard InChI is InChI=1S/C11H14N4OS/c1-2-7-3-4-8(17-7)5-15-6-9(12)10(14-15)11(13)16/h3-4,6H,2,5,12H2,1H3,(H2,13,16). The van der Waals surface area contributed by atoms with Crippen LogP contribution >= 0.6 is 11.3 Å². The Balaban J connectivity index is 2.18. The van der Waals surface area contributed by atoms with Crippen molar-refractivity contribution in [3.8, 4) is 0 Å². The van der Waals surface area contributed by atoms with Crippen LogP contribution in [0.1, 0.15) is 27.2 Å². The summed E-state index contributed by atoms with van der Waals surface area (Å²) in [6.45, 7) is 2.73. The number of nitrogen functional groups attached to an aromatic ring is 1. The van der Waals surface area contributed by atoms with Gasteiger partial charge in [0, 0.05) is 16.0 Å². The molecule has 0 unspecified atom stereocenters. The molecule has 0 atom stereocenters. The highest BCUT2D eigenvalue weighted by molar-refractivity contribution is 7.11. The predicted molar refractivity (Wildman–Crippen MR) is 68.0 cm³/mol. The molecule has 0 spiro atoms. The van der Waals surface area contributed by atoms with Crippen molar-refractivity contribution in [2.24, 2.45) is 5.73 Å². The molecule has 0 saturated carbocycles. The second kappa shape index (κ2) is 4.58. The van der Waals surface area contributed by atoms with Gasteiger partial charge in [-0.25, -0.2) is 0 Å². The average Bonchev–Trinajstić information content (AvgIpc) is 2.85. The van der Waals surface area contributed by atoms with E-state index in [-0.39, 0.29) is 5.69 Å². The highest BCUT2D eigenvalue weighted by Gasteiger charge is 2.11. The second-order valence-electron chi connectivity index (χ2n) is 3.72. The maximum Gasteiger partial charge on any atom is 0.271 e. The van der Waals surface area contributed by atoms with Crippen LogP contribution in [0.3, 0.4) is 0 Å². The molecule has 2 heterocycles. The number of primary amides is 1. The van der Waals surface area contributed by atoms with Gasteiger partial charge in [-0.2, -0.15) is 5.10 Å². The van der Waals surface area contributed by atoms with Gasteiger partial charge in [-0.3, -0.25) is 9.48 Å². The van der Waals surface area contributed by atoms with Crippen LogP contribution in [0, 0.1) is 0 Å². The monoisotopic (exact) mass is 250 g/mol. The Labute approximate surface area is 103 Å². The van der Waals surface area contributed by atoms with Crippen molar-refractivity contribution < 1.29 is 4.79 Å². The van der Waals surface area contributed by atoms with Gasteiger partial charge in [-0.05, 0) is 18.6 Å². The first-order chi connectivity index (χ1) is 8.10. The van der Waals surface area contributed by atoms with E-state index >= 15 is 0 Å². The van der Waals surface area contributed by atoms with Crippen LogP contribution in [0.25, 0.3) is 0 Å². The summed E-state index contributed by atoms with van der Waals surface area (Å²) < 4.78 is 1.64. The number of amides is 1. The molecule has 0 fully saturated rings. The molecule has 6 heteroatoms. The van der Waals surface area contributed by atoms with Crippen LogP contribution < -0.4 is 11.5 Å². The van der Waals surface area contributed by atoms with E-state index in [2.05, 4.69) is 24.2 Å². The summed E-state index contributed by atoms with van der Waals surface area (Å²) in [5.74, 6) is -0.596. The first-order valence-electron chi connectivity index (χ1n) is 5.30. The number of carbonyl (C=O) groups is 1. The van der Waals surface area contributed by atoms with Gasteiger partial charge < -0.3 is 11.5 Å². The van der Waals surface area contributed by atoms with Gasteiger partial charge >= 0.3 is 0 Å². The van der Waals surface area contributed by atoms with Crippen LogP contribution in [-0.2, 0) is 13.0 Å². The number of aryl methyl sites for hydroxylation is 1. The largest absolute Gasteiger partial charge is 0.396 e. The van der Waals surface area contributed by atoms with E-state index in [4.69, 9.17) is 11.5 Å². The lowest BCUT2D eigenvalue weighted by Gasteiger charge is -1.97. The number of rotatable bonds is 4. The van der Waals surface area contributed by atoms with Gasteiger partial charge in [0.2, 0.25) is 0 Å². The van der Waals surface area contributed by atoms with Crippen molar-refractivity contribution in [1.29, 1.82) is 0 Å². The number of aromatic nitrogens is 2. The smallest absolute Gasteiger partial charge is 0.271 e. The van der Waals surface area contributed by atoms with E-state index in [0.717, 1.165) is 6.42 Å². The predicted octanol–water partition coefficient (Wildman–Crippen LogP) is 1.24. The third-order valence-corrected chi connectivity index (χ3v) is 3.62. The highest BCUT2D eigenvalue weighted by Crippen LogP contribution is 2.18. The summed E-state index contributed by atoms with van der Waals surface area (Å²) in [6, 6.07) is 4.16. The summed E-state index contributed by atoms with van der Waals surface area (Å²) in [5.41, 5.74) is 11.3. The Kier molecular flexibility index (Phi) is 3.14. The van der Waals surface area contributed by atoms with E-state index < -0.39 is 5.91 Å². The molecule has 0 bridgehead atoms. The van der Waals surface area contributed by atoms with Crippen molar-refractivity contribution >= 4 is 22.9 Å². The normalized spacial score (nSPS) is 10.6. The van der Waals surface area contributed by atoms with E-state index in [1.165, 1.54) is 9.75 Å². The van der Waals surface area contributed by atoms with Gasteiger partial charge in [-0.1, -0.05) is 6.92 Å². The molecular formula is C11H14N4OS. The molecule has 90 valence electrons. The summed E-state index contributed by atoms with van der Waals surface area (Å²) in [4.78, 5) is 13.5. The van der Waals surface area contributed by atoms with Crippen molar-refractivity contribution in [3.63, 3.8) is 0 Å². The van der Waals surface area contributed by atoms with Gasteiger partial charge in [0.25, 0.3) is 5.91 Å². The quantitative estimate of drug-likeness (QED) is 0.855. The Bertz CT molecular complexity index is 543. The Morgan fingerprint density at radius 2 is 2.18 bits per heavy atom. The molecule has 2 aromatic heterocycles. The molecule has 0 saturated heterocycles.